The second-order valence-electron chi connectivity index (χ2n) is 4.01. The van der Waals surface area contributed by atoms with Gasteiger partial charge in [-0.2, -0.15) is 0 Å². The number of nitro benzene ring substituents is 1. The molecule has 1 rings (SSSR count). The number of hydrogen-bond donors (Lipinski definition) is 1. The monoisotopic (exact) mass is 256 g/mol. The Hall–Kier alpha value is -2.18. The van der Waals surface area contributed by atoms with E-state index >= 15 is 0 Å². The molecule has 0 heterocycles. The lowest BCUT2D eigenvalue weighted by Gasteiger charge is -2.26. The second kappa shape index (κ2) is 5.44. The van der Waals surface area contributed by atoms with E-state index in [-0.39, 0.29) is 18.3 Å². The van der Waals surface area contributed by atoms with Crippen molar-refractivity contribution in [1.82, 2.24) is 0 Å². The highest BCUT2D eigenvalue weighted by Gasteiger charge is 2.23. The average Bonchev–Trinajstić information content (AvgIpc) is 2.25. The number of rotatable bonds is 5. The van der Waals surface area contributed by atoms with Crippen LogP contribution in [0.5, 0.6) is 0 Å². The van der Waals surface area contributed by atoms with Crippen molar-refractivity contribution in [2.24, 2.45) is 0 Å². The third-order valence-corrected chi connectivity index (χ3v) is 2.37. The summed E-state index contributed by atoms with van der Waals surface area (Å²) in [6.45, 7) is 3.02. The summed E-state index contributed by atoms with van der Waals surface area (Å²) in [5.41, 5.74) is -0.344. The predicted molar refractivity (Wildman–Crippen MR) is 63.2 cm³/mol. The molecule has 6 nitrogen and oxygen atoms in total. The number of carboxylic acids is 1. The summed E-state index contributed by atoms with van der Waals surface area (Å²) in [5.74, 6) is -1.84. The molecule has 7 heteroatoms. The Morgan fingerprint density at radius 1 is 1.56 bits per heavy atom. The maximum atomic E-state index is 13.0. The second-order valence-corrected chi connectivity index (χ2v) is 4.01. The van der Waals surface area contributed by atoms with E-state index in [1.807, 2.05) is 0 Å². The van der Waals surface area contributed by atoms with Crippen molar-refractivity contribution in [2.45, 2.75) is 19.9 Å². The summed E-state index contributed by atoms with van der Waals surface area (Å²) < 4.78 is 13.0. The van der Waals surface area contributed by atoms with E-state index in [4.69, 9.17) is 5.11 Å². The SMILES string of the molecule is CC(C)N(CC(=O)O)c1ccc(F)cc1[N+](=O)[O-]. The molecule has 98 valence electrons. The Bertz CT molecular complexity index is 476. The fourth-order valence-corrected chi connectivity index (χ4v) is 1.58. The maximum Gasteiger partial charge on any atom is 0.323 e. The molecule has 0 spiro atoms. The van der Waals surface area contributed by atoms with Crippen molar-refractivity contribution in [3.63, 3.8) is 0 Å². The fourth-order valence-electron chi connectivity index (χ4n) is 1.58. The number of carbonyl (C=O) groups is 1. The van der Waals surface area contributed by atoms with Crippen LogP contribution in [0.2, 0.25) is 0 Å². The number of benzene rings is 1. The summed E-state index contributed by atoms with van der Waals surface area (Å²) in [6.07, 6.45) is 0. The van der Waals surface area contributed by atoms with Crippen LogP contribution in [0.4, 0.5) is 15.8 Å². The zero-order valence-corrected chi connectivity index (χ0v) is 9.96. The van der Waals surface area contributed by atoms with Crippen molar-refractivity contribution < 1.29 is 19.2 Å². The molecule has 0 radical (unpaired) electrons. The van der Waals surface area contributed by atoms with Crippen molar-refractivity contribution in [3.05, 3.63) is 34.1 Å². The van der Waals surface area contributed by atoms with Crippen LogP contribution in [0.3, 0.4) is 0 Å². The topological polar surface area (TPSA) is 83.7 Å². The number of aliphatic carboxylic acids is 1. The van der Waals surface area contributed by atoms with Gasteiger partial charge in [0, 0.05) is 6.04 Å². The van der Waals surface area contributed by atoms with E-state index in [1.165, 1.54) is 11.0 Å². The van der Waals surface area contributed by atoms with Gasteiger partial charge in [-0.25, -0.2) is 4.39 Å². The number of halogens is 1. The molecular weight excluding hydrogens is 243 g/mol. The molecule has 1 N–H and O–H groups in total. The molecule has 0 amide bonds. The van der Waals surface area contributed by atoms with Crippen LogP contribution in [0.1, 0.15) is 13.8 Å². The van der Waals surface area contributed by atoms with E-state index in [9.17, 15) is 19.3 Å². The fraction of sp³-hybridized carbons (Fsp3) is 0.364. The van der Waals surface area contributed by atoms with Gasteiger partial charge in [0.05, 0.1) is 11.0 Å². The van der Waals surface area contributed by atoms with Crippen LogP contribution in [0, 0.1) is 15.9 Å². The molecule has 1 aromatic rings. The average molecular weight is 256 g/mol. The lowest BCUT2D eigenvalue weighted by molar-refractivity contribution is -0.384. The van der Waals surface area contributed by atoms with E-state index in [2.05, 4.69) is 0 Å². The minimum Gasteiger partial charge on any atom is -0.480 e. The number of nitro groups is 1. The summed E-state index contributed by atoms with van der Waals surface area (Å²) in [5, 5.41) is 19.6. The first kappa shape index (κ1) is 13.9. The molecule has 0 atom stereocenters. The Labute approximate surface area is 103 Å². The summed E-state index contributed by atoms with van der Waals surface area (Å²) >= 11 is 0. The van der Waals surface area contributed by atoms with E-state index in [0.29, 0.717) is 0 Å². The van der Waals surface area contributed by atoms with E-state index in [0.717, 1.165) is 12.1 Å². The highest BCUT2D eigenvalue weighted by atomic mass is 19.1. The van der Waals surface area contributed by atoms with Crippen molar-refractivity contribution in [1.29, 1.82) is 0 Å². The summed E-state index contributed by atoms with van der Waals surface area (Å²) in [7, 11) is 0. The molecule has 0 unspecified atom stereocenters. The Morgan fingerprint density at radius 3 is 2.61 bits per heavy atom. The van der Waals surface area contributed by atoms with Crippen LogP contribution in [0.15, 0.2) is 18.2 Å². The third kappa shape index (κ3) is 3.16. The minimum atomic E-state index is -1.11. The van der Waals surface area contributed by atoms with Crippen LogP contribution < -0.4 is 4.90 Å². The van der Waals surface area contributed by atoms with Gasteiger partial charge in [0.15, 0.2) is 0 Å². The smallest absolute Gasteiger partial charge is 0.323 e. The standard InChI is InChI=1S/C11H13FN2O4/c1-7(2)13(6-11(15)16)9-4-3-8(12)5-10(9)14(17)18/h3-5,7H,6H2,1-2H3,(H,15,16). The Balaban J connectivity index is 3.27. The molecule has 0 saturated heterocycles. The lowest BCUT2D eigenvalue weighted by atomic mass is 10.2. The zero-order chi connectivity index (χ0) is 13.9. The van der Waals surface area contributed by atoms with Gasteiger partial charge >= 0.3 is 5.97 Å². The van der Waals surface area contributed by atoms with Crippen LogP contribution in [0.25, 0.3) is 0 Å². The molecular formula is C11H13FN2O4. The van der Waals surface area contributed by atoms with Crippen LogP contribution in [-0.2, 0) is 4.79 Å². The Morgan fingerprint density at radius 2 is 2.17 bits per heavy atom. The maximum absolute atomic E-state index is 13.0. The number of anilines is 1. The van der Waals surface area contributed by atoms with Crippen molar-refractivity contribution in [2.75, 3.05) is 11.4 Å². The summed E-state index contributed by atoms with van der Waals surface area (Å²) in [6, 6.07) is 2.81. The third-order valence-electron chi connectivity index (χ3n) is 2.37. The highest BCUT2D eigenvalue weighted by molar-refractivity contribution is 5.76. The van der Waals surface area contributed by atoms with Crippen molar-refractivity contribution >= 4 is 17.3 Å². The van der Waals surface area contributed by atoms with Gasteiger partial charge in [-0.05, 0) is 26.0 Å². The van der Waals surface area contributed by atoms with Crippen LogP contribution >= 0.6 is 0 Å². The largest absolute Gasteiger partial charge is 0.480 e. The molecule has 0 aliphatic rings. The quantitative estimate of drug-likeness (QED) is 0.643. The summed E-state index contributed by atoms with van der Waals surface area (Å²) in [4.78, 5) is 22.2. The molecule has 0 aromatic heterocycles. The number of nitrogens with zero attached hydrogens (tertiary/aromatic N) is 2. The Kier molecular flexibility index (Phi) is 4.19. The van der Waals surface area contributed by atoms with E-state index < -0.39 is 22.4 Å². The zero-order valence-electron chi connectivity index (χ0n) is 9.96. The lowest BCUT2D eigenvalue weighted by Crippen LogP contribution is -2.36. The molecule has 0 saturated carbocycles. The van der Waals surface area contributed by atoms with Gasteiger partial charge in [-0.1, -0.05) is 0 Å². The van der Waals surface area contributed by atoms with Crippen LogP contribution in [-0.4, -0.2) is 28.6 Å². The predicted octanol–water partition coefficient (Wildman–Crippen LogP) is 2.03. The van der Waals surface area contributed by atoms with E-state index in [1.54, 1.807) is 13.8 Å². The van der Waals surface area contributed by atoms with Gasteiger partial charge in [0.25, 0.3) is 5.69 Å². The first-order chi connectivity index (χ1) is 8.32. The number of hydrogen-bond acceptors (Lipinski definition) is 4. The highest BCUT2D eigenvalue weighted by Crippen LogP contribution is 2.30. The van der Waals surface area contributed by atoms with Gasteiger partial charge in [0.1, 0.15) is 18.0 Å². The molecule has 0 bridgehead atoms. The van der Waals surface area contributed by atoms with Gasteiger partial charge in [-0.3, -0.25) is 14.9 Å². The molecule has 1 aromatic carbocycles. The molecule has 18 heavy (non-hydrogen) atoms. The normalized spacial score (nSPS) is 10.4. The number of carboxylic acid groups (broad SMARTS) is 1. The first-order valence-electron chi connectivity index (χ1n) is 5.25. The van der Waals surface area contributed by atoms with Crippen molar-refractivity contribution in [3.8, 4) is 0 Å². The van der Waals surface area contributed by atoms with Gasteiger partial charge in [-0.15, -0.1) is 0 Å². The minimum absolute atomic E-state index is 0.0961. The van der Waals surface area contributed by atoms with Gasteiger partial charge < -0.3 is 10.0 Å². The van der Waals surface area contributed by atoms with Gasteiger partial charge in [0.2, 0.25) is 0 Å². The molecule has 0 fully saturated rings. The first-order valence-corrected chi connectivity index (χ1v) is 5.25. The molecule has 0 aliphatic heterocycles. The molecule has 0 aliphatic carbocycles.